The van der Waals surface area contributed by atoms with Crippen LogP contribution in [0.15, 0.2) is 0 Å². The Labute approximate surface area is 97.8 Å². The van der Waals surface area contributed by atoms with Gasteiger partial charge in [0.1, 0.15) is 0 Å². The highest BCUT2D eigenvalue weighted by atomic mass is 16.2. The molecule has 4 heteroatoms. The topological polar surface area (TPSA) is 49.6 Å². The lowest BCUT2D eigenvalue weighted by Crippen LogP contribution is -2.45. The highest BCUT2D eigenvalue weighted by Crippen LogP contribution is 2.17. The summed E-state index contributed by atoms with van der Waals surface area (Å²) in [6.07, 6.45) is 5.97. The summed E-state index contributed by atoms with van der Waals surface area (Å²) in [5.74, 6) is 0.306. The third-order valence-electron chi connectivity index (χ3n) is 3.82. The zero-order valence-electron chi connectivity index (χ0n) is 10.0. The molecule has 0 aromatic rings. The fourth-order valence-electron chi connectivity index (χ4n) is 2.79. The van der Waals surface area contributed by atoms with Crippen LogP contribution in [0.4, 0.5) is 0 Å². The van der Waals surface area contributed by atoms with E-state index in [0.29, 0.717) is 25.0 Å². The van der Waals surface area contributed by atoms with Crippen LogP contribution >= 0.6 is 0 Å². The maximum Gasteiger partial charge on any atom is 0.236 e. The standard InChI is InChI=1S/C12H23N3O/c13-9-11-5-4-8-15(11)10-12(16)14-6-2-1-3-7-14/h11H,1-10,13H2. The zero-order valence-corrected chi connectivity index (χ0v) is 10.0. The predicted octanol–water partition coefficient (Wildman–Crippen LogP) is 0.422. The normalized spacial score (nSPS) is 27.3. The Balaban J connectivity index is 1.81. The van der Waals surface area contributed by atoms with Gasteiger partial charge >= 0.3 is 0 Å². The van der Waals surface area contributed by atoms with Crippen molar-refractivity contribution < 1.29 is 4.79 Å². The molecule has 0 aliphatic carbocycles. The van der Waals surface area contributed by atoms with E-state index in [4.69, 9.17) is 5.73 Å². The van der Waals surface area contributed by atoms with Crippen molar-refractivity contribution in [3.8, 4) is 0 Å². The van der Waals surface area contributed by atoms with Crippen LogP contribution in [0.25, 0.3) is 0 Å². The lowest BCUT2D eigenvalue weighted by atomic mass is 10.1. The minimum Gasteiger partial charge on any atom is -0.342 e. The Morgan fingerprint density at radius 2 is 1.88 bits per heavy atom. The van der Waals surface area contributed by atoms with E-state index >= 15 is 0 Å². The molecule has 2 fully saturated rings. The molecule has 1 amide bonds. The molecule has 0 saturated carbocycles. The molecular formula is C12H23N3O. The zero-order chi connectivity index (χ0) is 11.4. The van der Waals surface area contributed by atoms with E-state index < -0.39 is 0 Å². The van der Waals surface area contributed by atoms with Crippen molar-refractivity contribution in [2.45, 2.75) is 38.1 Å². The Bertz CT molecular complexity index is 238. The number of rotatable bonds is 3. The number of hydrogen-bond acceptors (Lipinski definition) is 3. The second-order valence-corrected chi connectivity index (χ2v) is 4.94. The summed E-state index contributed by atoms with van der Waals surface area (Å²) in [4.78, 5) is 16.3. The number of piperidine rings is 1. The van der Waals surface area contributed by atoms with Gasteiger partial charge in [0, 0.05) is 25.7 Å². The van der Waals surface area contributed by atoms with Gasteiger partial charge in [-0.25, -0.2) is 0 Å². The maximum absolute atomic E-state index is 12.1. The van der Waals surface area contributed by atoms with Crippen molar-refractivity contribution in [2.24, 2.45) is 5.73 Å². The van der Waals surface area contributed by atoms with Crippen LogP contribution < -0.4 is 5.73 Å². The number of carbonyl (C=O) groups excluding carboxylic acids is 1. The first-order chi connectivity index (χ1) is 7.81. The second-order valence-electron chi connectivity index (χ2n) is 4.94. The second kappa shape index (κ2) is 5.64. The van der Waals surface area contributed by atoms with Crippen molar-refractivity contribution >= 4 is 5.91 Å². The summed E-state index contributed by atoms with van der Waals surface area (Å²) in [7, 11) is 0. The molecule has 92 valence electrons. The molecule has 0 aromatic heterocycles. The first-order valence-corrected chi connectivity index (χ1v) is 6.53. The van der Waals surface area contributed by atoms with Crippen LogP contribution in [0.3, 0.4) is 0 Å². The van der Waals surface area contributed by atoms with Gasteiger partial charge in [0.05, 0.1) is 6.54 Å². The van der Waals surface area contributed by atoms with E-state index in [9.17, 15) is 4.79 Å². The molecule has 2 aliphatic heterocycles. The van der Waals surface area contributed by atoms with E-state index in [2.05, 4.69) is 4.90 Å². The van der Waals surface area contributed by atoms with Crippen LogP contribution in [-0.2, 0) is 4.79 Å². The molecule has 0 radical (unpaired) electrons. The van der Waals surface area contributed by atoms with Gasteiger partial charge in [-0.2, -0.15) is 0 Å². The third-order valence-corrected chi connectivity index (χ3v) is 3.82. The lowest BCUT2D eigenvalue weighted by Gasteiger charge is -2.30. The molecule has 2 N–H and O–H groups in total. The first-order valence-electron chi connectivity index (χ1n) is 6.53. The monoisotopic (exact) mass is 225 g/mol. The summed E-state index contributed by atoms with van der Waals surface area (Å²) < 4.78 is 0. The minimum absolute atomic E-state index is 0.306. The molecule has 2 aliphatic rings. The Morgan fingerprint density at radius 3 is 2.56 bits per heavy atom. The largest absolute Gasteiger partial charge is 0.342 e. The first kappa shape index (κ1) is 11.9. The maximum atomic E-state index is 12.1. The molecular weight excluding hydrogens is 202 g/mol. The number of hydrogen-bond donors (Lipinski definition) is 1. The van der Waals surface area contributed by atoms with Crippen molar-refractivity contribution in [1.82, 2.24) is 9.80 Å². The van der Waals surface area contributed by atoms with Gasteiger partial charge in [0.2, 0.25) is 5.91 Å². The number of nitrogens with two attached hydrogens (primary N) is 1. The molecule has 0 bridgehead atoms. The lowest BCUT2D eigenvalue weighted by molar-refractivity contribution is -0.133. The highest BCUT2D eigenvalue weighted by Gasteiger charge is 2.27. The van der Waals surface area contributed by atoms with Crippen LogP contribution in [0.1, 0.15) is 32.1 Å². The van der Waals surface area contributed by atoms with Gasteiger partial charge in [-0.1, -0.05) is 0 Å². The quantitative estimate of drug-likeness (QED) is 0.757. The fourth-order valence-corrected chi connectivity index (χ4v) is 2.79. The Kier molecular flexibility index (Phi) is 4.18. The molecule has 0 aromatic carbocycles. The average molecular weight is 225 g/mol. The van der Waals surface area contributed by atoms with E-state index in [1.165, 1.54) is 25.7 Å². The molecule has 2 heterocycles. The van der Waals surface area contributed by atoms with Crippen LogP contribution in [-0.4, -0.2) is 54.5 Å². The molecule has 16 heavy (non-hydrogen) atoms. The SMILES string of the molecule is NCC1CCCN1CC(=O)N1CCCCC1. The molecule has 2 saturated heterocycles. The van der Waals surface area contributed by atoms with Gasteiger partial charge < -0.3 is 10.6 Å². The van der Waals surface area contributed by atoms with Gasteiger partial charge in [-0.15, -0.1) is 0 Å². The summed E-state index contributed by atoms with van der Waals surface area (Å²) in [5, 5.41) is 0. The van der Waals surface area contributed by atoms with Gasteiger partial charge in [0.15, 0.2) is 0 Å². The van der Waals surface area contributed by atoms with Crippen LogP contribution in [0.5, 0.6) is 0 Å². The Morgan fingerprint density at radius 1 is 1.12 bits per heavy atom. The fraction of sp³-hybridized carbons (Fsp3) is 0.917. The number of likely N-dealkylation sites (tertiary alicyclic amines) is 2. The molecule has 2 rings (SSSR count). The number of amides is 1. The molecule has 4 nitrogen and oxygen atoms in total. The summed E-state index contributed by atoms with van der Waals surface area (Å²) in [5.41, 5.74) is 5.71. The van der Waals surface area contributed by atoms with Crippen LogP contribution in [0, 0.1) is 0 Å². The number of carbonyl (C=O) groups is 1. The summed E-state index contributed by atoms with van der Waals surface area (Å²) in [6, 6.07) is 0.439. The minimum atomic E-state index is 0.306. The van der Waals surface area contributed by atoms with E-state index in [-0.39, 0.29) is 0 Å². The van der Waals surface area contributed by atoms with E-state index in [1.807, 2.05) is 4.90 Å². The van der Waals surface area contributed by atoms with Crippen molar-refractivity contribution in [3.63, 3.8) is 0 Å². The van der Waals surface area contributed by atoms with Crippen LogP contribution in [0.2, 0.25) is 0 Å². The van der Waals surface area contributed by atoms with Gasteiger partial charge in [-0.3, -0.25) is 9.69 Å². The summed E-state index contributed by atoms with van der Waals surface area (Å²) in [6.45, 7) is 4.23. The number of nitrogens with zero attached hydrogens (tertiary/aromatic N) is 2. The van der Waals surface area contributed by atoms with E-state index in [1.54, 1.807) is 0 Å². The summed E-state index contributed by atoms with van der Waals surface area (Å²) >= 11 is 0. The molecule has 0 spiro atoms. The average Bonchev–Trinajstić information content (AvgIpc) is 2.77. The Hall–Kier alpha value is -0.610. The molecule has 1 unspecified atom stereocenters. The highest BCUT2D eigenvalue weighted by molar-refractivity contribution is 5.78. The van der Waals surface area contributed by atoms with Crippen molar-refractivity contribution in [3.05, 3.63) is 0 Å². The van der Waals surface area contributed by atoms with Crippen molar-refractivity contribution in [2.75, 3.05) is 32.7 Å². The third kappa shape index (κ3) is 2.74. The molecule has 1 atom stereocenters. The predicted molar refractivity (Wildman–Crippen MR) is 64.1 cm³/mol. The van der Waals surface area contributed by atoms with Gasteiger partial charge in [0.25, 0.3) is 0 Å². The van der Waals surface area contributed by atoms with Gasteiger partial charge in [-0.05, 0) is 38.6 Å². The van der Waals surface area contributed by atoms with Crippen molar-refractivity contribution in [1.29, 1.82) is 0 Å². The van der Waals surface area contributed by atoms with E-state index in [0.717, 1.165) is 26.1 Å². The smallest absolute Gasteiger partial charge is 0.236 e.